The number of nitrogen functional groups attached to an aromatic ring is 1. The van der Waals surface area contributed by atoms with E-state index in [1.807, 2.05) is 36.5 Å². The third-order valence-corrected chi connectivity index (χ3v) is 6.68. The van der Waals surface area contributed by atoms with E-state index in [4.69, 9.17) is 17.4 Å². The van der Waals surface area contributed by atoms with E-state index in [-0.39, 0.29) is 5.78 Å². The number of ketones is 1. The molecule has 2 N–H and O–H groups in total. The predicted molar refractivity (Wildman–Crippen MR) is 125 cm³/mol. The monoisotopic (exact) mass is 423 g/mol. The van der Waals surface area contributed by atoms with Gasteiger partial charge in [-0.3, -0.25) is 9.47 Å². The van der Waals surface area contributed by atoms with Gasteiger partial charge in [0.25, 0.3) is 0 Å². The van der Waals surface area contributed by atoms with Gasteiger partial charge in [0.1, 0.15) is 0 Å². The van der Waals surface area contributed by atoms with Crippen LogP contribution in [0.1, 0.15) is 66.4 Å². The third-order valence-electron chi connectivity index (χ3n) is 6.35. The van der Waals surface area contributed by atoms with E-state index in [9.17, 15) is 4.79 Å². The lowest BCUT2D eigenvalue weighted by atomic mass is 9.88. The number of nitrogens with two attached hydrogens (primary N) is 1. The van der Waals surface area contributed by atoms with Gasteiger partial charge in [-0.05, 0) is 80.7 Å². The molecule has 2 heterocycles. The van der Waals surface area contributed by atoms with Gasteiger partial charge in [0, 0.05) is 22.7 Å². The summed E-state index contributed by atoms with van der Waals surface area (Å²) < 4.78 is 1.70. The van der Waals surface area contributed by atoms with Crippen molar-refractivity contribution in [3.05, 3.63) is 70.4 Å². The molecular formula is C25H30ClN3O. The molecule has 0 aliphatic carbocycles. The van der Waals surface area contributed by atoms with Crippen LogP contribution in [-0.2, 0) is 0 Å². The van der Waals surface area contributed by atoms with E-state index < -0.39 is 0 Å². The molecule has 0 amide bonds. The first-order valence-electron chi connectivity index (χ1n) is 11.0. The Morgan fingerprint density at radius 3 is 2.63 bits per heavy atom. The number of fused-ring (bicyclic) bond motifs is 1. The van der Waals surface area contributed by atoms with Crippen molar-refractivity contribution in [1.29, 1.82) is 0 Å². The zero-order chi connectivity index (χ0) is 21.1. The lowest BCUT2D eigenvalue weighted by Gasteiger charge is -2.32. The summed E-state index contributed by atoms with van der Waals surface area (Å²) in [6, 6.07) is 13.0. The lowest BCUT2D eigenvalue weighted by molar-refractivity contribution is 0.103. The van der Waals surface area contributed by atoms with Crippen LogP contribution in [-0.4, -0.2) is 35.0 Å². The number of likely N-dealkylation sites (tertiary alicyclic amines) is 1. The Hall–Kier alpha value is -2.30. The minimum Gasteiger partial charge on any atom is -0.339 e. The second-order valence-corrected chi connectivity index (χ2v) is 8.76. The number of benzene rings is 2. The summed E-state index contributed by atoms with van der Waals surface area (Å²) in [7, 11) is 0. The van der Waals surface area contributed by atoms with Gasteiger partial charge in [-0.15, -0.1) is 0 Å². The van der Waals surface area contributed by atoms with Crippen LogP contribution in [0, 0.1) is 0 Å². The molecule has 1 fully saturated rings. The summed E-state index contributed by atoms with van der Waals surface area (Å²) in [5.41, 5.74) is 3.41. The van der Waals surface area contributed by atoms with Gasteiger partial charge in [0.05, 0.1) is 10.5 Å². The molecule has 2 aromatic carbocycles. The van der Waals surface area contributed by atoms with Gasteiger partial charge in [-0.25, -0.2) is 0 Å². The molecule has 1 saturated heterocycles. The van der Waals surface area contributed by atoms with Crippen molar-refractivity contribution in [2.24, 2.45) is 0 Å². The average Bonchev–Trinajstić information content (AvgIpc) is 3.10. The highest BCUT2D eigenvalue weighted by Gasteiger charge is 2.24. The maximum Gasteiger partial charge on any atom is 0.194 e. The number of piperidine rings is 1. The predicted octanol–water partition coefficient (Wildman–Crippen LogP) is 5.61. The fourth-order valence-corrected chi connectivity index (χ4v) is 4.82. The number of unbranched alkanes of at least 4 members (excludes halogenated alkanes) is 2. The average molecular weight is 424 g/mol. The van der Waals surface area contributed by atoms with Crippen LogP contribution >= 0.6 is 11.6 Å². The quantitative estimate of drug-likeness (QED) is 0.305. The molecule has 0 bridgehead atoms. The van der Waals surface area contributed by atoms with Crippen LogP contribution in [0.4, 0.5) is 0 Å². The molecule has 0 unspecified atom stereocenters. The van der Waals surface area contributed by atoms with Crippen molar-refractivity contribution in [3.8, 4) is 0 Å². The zero-order valence-corrected chi connectivity index (χ0v) is 18.4. The molecule has 4 rings (SSSR count). The number of carbonyl (C=O) groups excluding carboxylic acids is 1. The molecule has 1 aliphatic rings. The second-order valence-electron chi connectivity index (χ2n) is 8.36. The highest BCUT2D eigenvalue weighted by molar-refractivity contribution is 6.35. The van der Waals surface area contributed by atoms with Gasteiger partial charge >= 0.3 is 0 Å². The number of carbonyl (C=O) groups is 1. The topological polar surface area (TPSA) is 51.3 Å². The van der Waals surface area contributed by atoms with Gasteiger partial charge < -0.3 is 10.7 Å². The molecule has 0 spiro atoms. The van der Waals surface area contributed by atoms with Gasteiger partial charge in [0.2, 0.25) is 0 Å². The number of halogens is 1. The van der Waals surface area contributed by atoms with Gasteiger partial charge in [-0.1, -0.05) is 43.5 Å². The van der Waals surface area contributed by atoms with Gasteiger partial charge in [-0.2, -0.15) is 0 Å². The standard InChI is InChI=1S/C25H30ClN3O/c1-2-3-6-13-28-14-11-18(12-15-28)22-17-29(27)24-10-9-19(16-21(22)24)25(30)20-7-4-5-8-23(20)26/h4-5,7-10,16-18H,2-3,6,11-15,27H2,1H3. The lowest BCUT2D eigenvalue weighted by Crippen LogP contribution is -2.33. The van der Waals surface area contributed by atoms with E-state index in [1.165, 1.54) is 31.4 Å². The fourth-order valence-electron chi connectivity index (χ4n) is 4.60. The third kappa shape index (κ3) is 4.26. The first-order chi connectivity index (χ1) is 14.6. The number of hydrogen-bond donors (Lipinski definition) is 1. The van der Waals surface area contributed by atoms with Crippen molar-refractivity contribution >= 4 is 28.3 Å². The van der Waals surface area contributed by atoms with Crippen molar-refractivity contribution in [1.82, 2.24) is 9.58 Å². The maximum atomic E-state index is 13.0. The molecule has 0 saturated carbocycles. The summed E-state index contributed by atoms with van der Waals surface area (Å²) in [5, 5.41) is 1.56. The highest BCUT2D eigenvalue weighted by atomic mass is 35.5. The van der Waals surface area contributed by atoms with Gasteiger partial charge in [0.15, 0.2) is 5.78 Å². The van der Waals surface area contributed by atoms with E-state index in [1.54, 1.807) is 16.8 Å². The number of rotatable bonds is 7. The summed E-state index contributed by atoms with van der Waals surface area (Å²) in [4.78, 5) is 15.6. The molecule has 158 valence electrons. The highest BCUT2D eigenvalue weighted by Crippen LogP contribution is 2.35. The number of nitrogens with zero attached hydrogens (tertiary/aromatic N) is 2. The van der Waals surface area contributed by atoms with E-state index in [2.05, 4.69) is 11.8 Å². The largest absolute Gasteiger partial charge is 0.339 e. The summed E-state index contributed by atoms with van der Waals surface area (Å²) in [6.07, 6.45) is 8.18. The number of aromatic nitrogens is 1. The van der Waals surface area contributed by atoms with E-state index in [0.29, 0.717) is 22.1 Å². The molecule has 5 heteroatoms. The van der Waals surface area contributed by atoms with Crippen LogP contribution in [0.15, 0.2) is 48.7 Å². The fraction of sp³-hybridized carbons (Fsp3) is 0.400. The van der Waals surface area contributed by atoms with Crippen LogP contribution in [0.2, 0.25) is 5.02 Å². The Balaban J connectivity index is 1.57. The molecule has 0 radical (unpaired) electrons. The molecular weight excluding hydrogens is 394 g/mol. The Morgan fingerprint density at radius 1 is 1.13 bits per heavy atom. The summed E-state index contributed by atoms with van der Waals surface area (Å²) >= 11 is 6.25. The Bertz CT molecular complexity index is 1030. The normalized spacial score (nSPS) is 15.7. The molecule has 4 nitrogen and oxygen atoms in total. The first-order valence-corrected chi connectivity index (χ1v) is 11.4. The number of hydrogen-bond acceptors (Lipinski definition) is 3. The molecule has 1 aromatic heterocycles. The van der Waals surface area contributed by atoms with Crippen molar-refractivity contribution in [3.63, 3.8) is 0 Å². The Kier molecular flexibility index (Phi) is 6.45. The summed E-state index contributed by atoms with van der Waals surface area (Å²) in [6.45, 7) is 5.71. The molecule has 3 aromatic rings. The molecule has 0 atom stereocenters. The van der Waals surface area contributed by atoms with Crippen molar-refractivity contribution in [2.45, 2.75) is 44.9 Å². The van der Waals surface area contributed by atoms with E-state index >= 15 is 0 Å². The van der Waals surface area contributed by atoms with Crippen LogP contribution in [0.25, 0.3) is 10.9 Å². The van der Waals surface area contributed by atoms with Crippen molar-refractivity contribution < 1.29 is 4.79 Å². The first kappa shape index (κ1) is 21.0. The summed E-state index contributed by atoms with van der Waals surface area (Å²) in [5.74, 6) is 6.68. The van der Waals surface area contributed by atoms with Crippen LogP contribution in [0.3, 0.4) is 0 Å². The Labute approximate surface area is 183 Å². The Morgan fingerprint density at radius 2 is 1.90 bits per heavy atom. The zero-order valence-electron chi connectivity index (χ0n) is 17.6. The van der Waals surface area contributed by atoms with Crippen molar-refractivity contribution in [2.75, 3.05) is 25.5 Å². The minimum absolute atomic E-state index is 0.0519. The molecule has 30 heavy (non-hydrogen) atoms. The maximum absolute atomic E-state index is 13.0. The second kappa shape index (κ2) is 9.23. The molecule has 1 aliphatic heterocycles. The smallest absolute Gasteiger partial charge is 0.194 e. The minimum atomic E-state index is -0.0519. The van der Waals surface area contributed by atoms with Crippen LogP contribution < -0.4 is 5.84 Å². The van der Waals surface area contributed by atoms with E-state index in [0.717, 1.165) is 36.8 Å². The SMILES string of the molecule is CCCCCN1CCC(c2cn(N)c3ccc(C(=O)c4ccccc4Cl)cc23)CC1. The van der Waals surface area contributed by atoms with Crippen LogP contribution in [0.5, 0.6) is 0 Å².